The zero-order valence-electron chi connectivity index (χ0n) is 47.1. The third-order valence-corrected chi connectivity index (χ3v) is 8.30. The molecule has 2 amide bonds. The molecule has 0 fully saturated rings. The highest BCUT2D eigenvalue weighted by molar-refractivity contribution is 8.13. The van der Waals surface area contributed by atoms with Gasteiger partial charge in [-0.3, -0.25) is 39.1 Å². The summed E-state index contributed by atoms with van der Waals surface area (Å²) >= 11 is 0. The molecule has 0 bridgehead atoms. The fraction of sp³-hybridized carbons (Fsp3) is 0.520. The smallest absolute Gasteiger partial charge is 0.519 e. The highest BCUT2D eigenvalue weighted by Crippen LogP contribution is 2.19. The topological polar surface area (TPSA) is 360 Å². The van der Waals surface area contributed by atoms with E-state index in [2.05, 4.69) is 50.2 Å². The van der Waals surface area contributed by atoms with E-state index in [-0.39, 0.29) is 31.2 Å². The third kappa shape index (κ3) is 47.2. The molecule has 0 aliphatic rings. The van der Waals surface area contributed by atoms with Crippen molar-refractivity contribution < 1.29 is 83.2 Å². The van der Waals surface area contributed by atoms with Gasteiger partial charge in [-0.05, 0) is 142 Å². The number of aliphatic hydroxyl groups excluding tert-OH is 2. The second kappa shape index (κ2) is 37.3. The van der Waals surface area contributed by atoms with Crippen LogP contribution in [0, 0.1) is 0 Å². The number of aliphatic hydroxyl groups is 2. The molecule has 0 unspecified atom stereocenters. The number of amides is 2. The molecule has 0 aromatic carbocycles. The van der Waals surface area contributed by atoms with Crippen LogP contribution in [0.4, 0.5) is 46.3 Å². The predicted octanol–water partition coefficient (Wildman–Crippen LogP) is 5.35. The number of hydrogen-bond acceptors (Lipinski definition) is 22. The summed E-state index contributed by atoms with van der Waals surface area (Å²) in [7, 11) is -2.18. The van der Waals surface area contributed by atoms with Gasteiger partial charge in [-0.25, -0.2) is 27.6 Å². The summed E-state index contributed by atoms with van der Waals surface area (Å²) < 4.78 is 81.2. The van der Waals surface area contributed by atoms with Crippen molar-refractivity contribution in [1.82, 2.24) is 19.9 Å². The molecule has 0 saturated heterocycles. The van der Waals surface area contributed by atoms with Gasteiger partial charge in [0.15, 0.2) is 0 Å². The number of carbonyl (C=O) groups excluding carboxylic acids is 4. The average molecular weight is 1180 g/mol. The Hall–Kier alpha value is -6.59. The summed E-state index contributed by atoms with van der Waals surface area (Å²) in [4.78, 5) is 60.9. The zero-order valence-corrected chi connectivity index (χ0v) is 49.5. The summed E-state index contributed by atoms with van der Waals surface area (Å²) in [5.41, 5.74) is 14.1. The van der Waals surface area contributed by atoms with Gasteiger partial charge < -0.3 is 50.1 Å². The van der Waals surface area contributed by atoms with Crippen LogP contribution in [0.1, 0.15) is 105 Å². The third-order valence-electron chi connectivity index (χ3n) is 7.70. The van der Waals surface area contributed by atoms with E-state index < -0.39 is 66.1 Å². The Morgan fingerprint density at radius 2 is 0.861 bits per heavy atom. The highest BCUT2D eigenvalue weighted by Gasteiger charge is 2.24. The van der Waals surface area contributed by atoms with Crippen molar-refractivity contribution in [2.75, 3.05) is 61.1 Å². The molecule has 4 rings (SSSR count). The number of alkyl halides is 1. The van der Waals surface area contributed by atoms with E-state index in [1.807, 2.05) is 0 Å². The molecule has 0 aliphatic carbocycles. The molecule has 4 heterocycles. The number of pyridine rings is 4. The minimum atomic E-state index is -3.49. The standard InChI is InChI=1S/C13H20N2O5S.C12H18N2O3.C10H18O5.C7H9FN2.C7H10N2O.CH3ClO2S.FH/c1-13(2,3)20-12(16)15-11-5-7-14-9-10(11)6-8-19-21(4,17)18;1-12(2,3)17-11(16)14-10-4-6-13-8-9(10)5-7-15;1-9(2,3)14-7(11)13-8(12)15-10(4,5)6;8-3-1-6-5-10-4-2-7(6)9;8-7-1-3-9-5-6(7)2-4-10;1-5(2,3)4;/h5,7,9H,6,8H2,1-4H3,(H,14,15,16);4,6,8,15H,5,7H2,1-3H3,(H,13,14,16);1-6H3;2,4-5H,1,3H2,(H2,9,10);1,3,5,10H,2,4H2,(H2,8,9);1H3;1H/p-1/i;;;8-1;;;1-1. The highest BCUT2D eigenvalue weighted by atomic mass is 35.7. The number of rotatable bonds is 12. The molecule has 448 valence electrons. The number of nitrogens with zero attached hydrogens (tertiary/aromatic N) is 4. The maximum Gasteiger partial charge on any atom is 0.519 e. The molecule has 4 aromatic heterocycles. The lowest BCUT2D eigenvalue weighted by atomic mass is 10.2. The Kier molecular flexibility index (Phi) is 36.2. The molecule has 79 heavy (non-hydrogen) atoms. The fourth-order valence-electron chi connectivity index (χ4n) is 4.87. The van der Waals surface area contributed by atoms with Crippen LogP contribution in [0.15, 0.2) is 73.8 Å². The molecule has 0 spiro atoms. The molecule has 0 aliphatic heterocycles. The van der Waals surface area contributed by atoms with Crippen molar-refractivity contribution in [3.05, 3.63) is 96.1 Å². The van der Waals surface area contributed by atoms with Gasteiger partial charge in [0, 0.05) is 97.7 Å². The van der Waals surface area contributed by atoms with E-state index in [0.29, 0.717) is 54.0 Å². The lowest BCUT2D eigenvalue weighted by molar-refractivity contribution is -0.0295. The number of anilines is 4. The molecule has 24 nitrogen and oxygen atoms in total. The van der Waals surface area contributed by atoms with Crippen LogP contribution in [0.3, 0.4) is 0 Å². The number of ether oxygens (including phenoxy) is 5. The van der Waals surface area contributed by atoms with Gasteiger partial charge >= 0.3 is 24.5 Å². The minimum absolute atomic E-state index is 0. The van der Waals surface area contributed by atoms with Gasteiger partial charge in [-0.2, -0.15) is 8.42 Å². The second-order valence-corrected chi connectivity index (χ2v) is 24.5. The number of carbonyl (C=O) groups is 4. The first-order valence-corrected chi connectivity index (χ1v) is 28.1. The average Bonchev–Trinajstić information content (AvgIpc) is 3.24. The van der Waals surface area contributed by atoms with Gasteiger partial charge in [0.25, 0.3) is 10.1 Å². The number of nitrogens with one attached hydrogen (secondary N) is 2. The number of nitrogen functional groups attached to an aromatic ring is 2. The van der Waals surface area contributed by atoms with E-state index in [4.69, 9.17) is 40.6 Å². The van der Waals surface area contributed by atoms with Crippen molar-refractivity contribution in [2.24, 2.45) is 0 Å². The maximum absolute atomic E-state index is 11.8. The van der Waals surface area contributed by atoms with Gasteiger partial charge in [0.05, 0.1) is 37.2 Å². The Morgan fingerprint density at radius 1 is 0.557 bits per heavy atom. The van der Waals surface area contributed by atoms with Crippen molar-refractivity contribution in [3.63, 3.8) is 0 Å². The van der Waals surface area contributed by atoms with E-state index >= 15 is 0 Å². The van der Waals surface area contributed by atoms with Crippen molar-refractivity contribution in [1.29, 1.82) is 0 Å². The molecular formula is C50H78ClF2N8O16S2-. The first-order valence-electron chi connectivity index (χ1n) is 23.6. The predicted molar refractivity (Wildman–Crippen MR) is 295 cm³/mol. The summed E-state index contributed by atoms with van der Waals surface area (Å²) in [6, 6.07) is 6.69. The number of halogens is 3. The van der Waals surface area contributed by atoms with Gasteiger partial charge in [0.1, 0.15) is 22.4 Å². The van der Waals surface area contributed by atoms with E-state index in [1.54, 1.807) is 151 Å². The Bertz CT molecular complexity index is 2590. The minimum Gasteiger partial charge on any atom is -1.00 e. The van der Waals surface area contributed by atoms with Crippen LogP contribution < -0.4 is 26.8 Å². The summed E-state index contributed by atoms with van der Waals surface area (Å²) in [6.45, 7) is 20.4. The molecule has 29 heteroatoms. The largest absolute Gasteiger partial charge is 1.00 e. The monoisotopic (exact) mass is 1180 g/mol. The normalized spacial score (nSPS) is 11.0. The lowest BCUT2D eigenvalue weighted by Gasteiger charge is -2.20. The van der Waals surface area contributed by atoms with Crippen LogP contribution in [0.25, 0.3) is 0 Å². The van der Waals surface area contributed by atoms with E-state index in [9.17, 15) is 40.4 Å². The molecule has 0 saturated carbocycles. The van der Waals surface area contributed by atoms with Gasteiger partial charge in [0.2, 0.25) is 9.05 Å². The van der Waals surface area contributed by atoms with Crippen molar-refractivity contribution >= 4 is 77.1 Å². The van der Waals surface area contributed by atoms with Crippen molar-refractivity contribution in [2.45, 2.75) is 131 Å². The SMILES string of the molecule is CC(C)(C)OC(=O)Nc1ccncc1CCO.CC(C)(C)OC(=O)Nc1ccncc1CCOS(C)(=O)=O.CC(C)(C)OC(=O)OC(=O)OC(C)(C)C.CS(=O)(=O)Cl.Nc1ccncc1CCO.Nc1ccncc1CC[18F].[18F-]. The molecule has 8 N–H and O–H groups in total. The molecule has 0 atom stereocenters. The Balaban J connectivity index is -0.000000911. The molecular weight excluding hydrogens is 1100 g/mol. The van der Waals surface area contributed by atoms with Crippen LogP contribution in [0.2, 0.25) is 0 Å². The number of hydrogen-bond donors (Lipinski definition) is 6. The van der Waals surface area contributed by atoms with E-state index in [0.717, 1.165) is 29.2 Å². The summed E-state index contributed by atoms with van der Waals surface area (Å²) in [6.07, 6.45) is 13.1. The van der Waals surface area contributed by atoms with Crippen LogP contribution in [0.5, 0.6) is 0 Å². The molecule has 4 aromatic rings. The fourth-order valence-corrected chi connectivity index (χ4v) is 5.26. The Morgan fingerprint density at radius 3 is 1.16 bits per heavy atom. The zero-order chi connectivity index (χ0) is 60.6. The second-order valence-electron chi connectivity index (χ2n) is 19.8. The number of aryl methyl sites for hydroxylation is 1. The van der Waals surface area contributed by atoms with Crippen LogP contribution in [-0.4, -0.2) is 133 Å². The van der Waals surface area contributed by atoms with Gasteiger partial charge in [-0.1, -0.05) is 0 Å². The van der Waals surface area contributed by atoms with Crippen LogP contribution in [-0.2, 0) is 72.7 Å². The van der Waals surface area contributed by atoms with Gasteiger partial charge in [-0.15, -0.1) is 0 Å². The van der Waals surface area contributed by atoms with E-state index in [1.165, 1.54) is 6.20 Å². The lowest BCUT2D eigenvalue weighted by Crippen LogP contribution is -3.00. The maximum atomic E-state index is 11.8. The Labute approximate surface area is 466 Å². The summed E-state index contributed by atoms with van der Waals surface area (Å²) in [5.74, 6) is 0. The number of aromatic nitrogens is 4. The van der Waals surface area contributed by atoms with Crippen LogP contribution >= 0.6 is 10.7 Å². The first-order chi connectivity index (χ1) is 35.7. The number of nitrogens with two attached hydrogens (primary N) is 2. The first kappa shape index (κ1) is 76.6. The quantitative estimate of drug-likeness (QED) is 0.0342. The van der Waals surface area contributed by atoms with Crippen molar-refractivity contribution in [3.8, 4) is 0 Å². The summed E-state index contributed by atoms with van der Waals surface area (Å²) in [5, 5.41) is 22.7. The molecule has 0 radical (unpaired) electrons.